The molecule has 36 heavy (non-hydrogen) atoms. The van der Waals surface area contributed by atoms with Crippen LogP contribution >= 0.6 is 23.2 Å². The minimum atomic E-state index is -4.70. The maximum atomic E-state index is 13.8. The summed E-state index contributed by atoms with van der Waals surface area (Å²) < 4.78 is 43.7. The van der Waals surface area contributed by atoms with Crippen molar-refractivity contribution in [3.63, 3.8) is 0 Å². The number of benzene rings is 1. The van der Waals surface area contributed by atoms with Crippen molar-refractivity contribution in [1.82, 2.24) is 29.7 Å². The van der Waals surface area contributed by atoms with Gasteiger partial charge in [-0.1, -0.05) is 61.3 Å². The summed E-state index contributed by atoms with van der Waals surface area (Å²) in [6.45, 7) is 6.42. The normalized spacial score (nSPS) is 12.0. The second-order valence-corrected chi connectivity index (χ2v) is 9.36. The lowest BCUT2D eigenvalue weighted by Crippen LogP contribution is -2.26. The van der Waals surface area contributed by atoms with Crippen molar-refractivity contribution in [3.8, 4) is 11.3 Å². The number of halogens is 5. The van der Waals surface area contributed by atoms with Crippen LogP contribution in [0.2, 0.25) is 10.2 Å². The van der Waals surface area contributed by atoms with Crippen molar-refractivity contribution in [2.24, 2.45) is 0 Å². The molecular weight excluding hydrogens is 516 g/mol. The van der Waals surface area contributed by atoms with Gasteiger partial charge in [0, 0.05) is 24.7 Å². The maximum absolute atomic E-state index is 13.8. The van der Waals surface area contributed by atoms with Gasteiger partial charge in [-0.25, -0.2) is 9.50 Å². The van der Waals surface area contributed by atoms with Crippen LogP contribution in [0.1, 0.15) is 53.6 Å². The van der Waals surface area contributed by atoms with E-state index < -0.39 is 17.8 Å². The first-order valence-corrected chi connectivity index (χ1v) is 12.0. The third-order valence-corrected chi connectivity index (χ3v) is 6.59. The van der Waals surface area contributed by atoms with Crippen molar-refractivity contribution >= 4 is 34.8 Å². The van der Waals surface area contributed by atoms with Gasteiger partial charge in [0.15, 0.2) is 17.0 Å². The molecule has 3 heterocycles. The molecule has 0 fully saturated rings. The summed E-state index contributed by atoms with van der Waals surface area (Å²) in [6, 6.07) is 9.37. The minimum absolute atomic E-state index is 0.0775. The van der Waals surface area contributed by atoms with Gasteiger partial charge in [-0.15, -0.1) is 0 Å². The van der Waals surface area contributed by atoms with Crippen LogP contribution in [0.5, 0.6) is 0 Å². The number of aromatic nitrogens is 5. The average Bonchev–Trinajstić information content (AvgIpc) is 3.37. The van der Waals surface area contributed by atoms with Gasteiger partial charge in [-0.05, 0) is 30.9 Å². The van der Waals surface area contributed by atoms with E-state index >= 15 is 0 Å². The van der Waals surface area contributed by atoms with Crippen LogP contribution in [0.3, 0.4) is 0 Å². The van der Waals surface area contributed by atoms with E-state index in [1.807, 2.05) is 26.0 Å². The summed E-state index contributed by atoms with van der Waals surface area (Å²) in [5.41, 5.74) is 1.07. The molecule has 0 aliphatic heterocycles. The molecule has 12 heteroatoms. The van der Waals surface area contributed by atoms with Crippen LogP contribution in [0.4, 0.5) is 13.2 Å². The predicted octanol–water partition coefficient (Wildman–Crippen LogP) is 6.17. The molecule has 3 aromatic heterocycles. The first kappa shape index (κ1) is 26.0. The van der Waals surface area contributed by atoms with Crippen LogP contribution in [0.25, 0.3) is 16.9 Å². The second-order valence-electron chi connectivity index (χ2n) is 8.62. The van der Waals surface area contributed by atoms with Gasteiger partial charge in [-0.3, -0.25) is 9.48 Å². The zero-order valence-electron chi connectivity index (χ0n) is 19.7. The van der Waals surface area contributed by atoms with Gasteiger partial charge in [0.1, 0.15) is 10.2 Å². The third-order valence-electron chi connectivity index (χ3n) is 5.65. The Bertz CT molecular complexity index is 1410. The van der Waals surface area contributed by atoms with E-state index in [0.29, 0.717) is 38.9 Å². The zero-order valence-corrected chi connectivity index (χ0v) is 21.2. The molecule has 1 N–H and O–H groups in total. The molecule has 0 saturated carbocycles. The fraction of sp³-hybridized carbons (Fsp3) is 0.333. The lowest BCUT2D eigenvalue weighted by Gasteiger charge is -2.12. The number of hydrogen-bond acceptors (Lipinski definition) is 4. The van der Waals surface area contributed by atoms with E-state index in [4.69, 9.17) is 23.2 Å². The Hall–Kier alpha value is -3.11. The highest BCUT2D eigenvalue weighted by Crippen LogP contribution is 2.32. The van der Waals surface area contributed by atoms with E-state index in [9.17, 15) is 18.0 Å². The molecule has 1 aromatic carbocycles. The monoisotopic (exact) mass is 538 g/mol. The molecule has 0 aliphatic rings. The van der Waals surface area contributed by atoms with Gasteiger partial charge in [0.2, 0.25) is 0 Å². The number of aryl methyl sites for hydroxylation is 2. The standard InChI is InChI=1S/C24H23Cl2F3N6O/c1-13(2)15-5-7-16(8-6-15)17-11-19(24(27,28)29)35-20(31-17)12-18(33-35)23(36)30-9-4-10-34-22(26)21(25)14(3)32-34/h5-8,11-13H,4,9-10H2,1-3H3,(H,30,36). The van der Waals surface area contributed by atoms with Crippen LogP contribution < -0.4 is 5.32 Å². The van der Waals surface area contributed by atoms with Crippen molar-refractivity contribution in [3.05, 3.63) is 69.2 Å². The van der Waals surface area contributed by atoms with Crippen LogP contribution in [-0.4, -0.2) is 36.8 Å². The molecule has 0 unspecified atom stereocenters. The van der Waals surface area contributed by atoms with Crippen molar-refractivity contribution in [2.75, 3.05) is 6.54 Å². The molecule has 0 saturated heterocycles. The first-order chi connectivity index (χ1) is 17.0. The molecule has 0 bridgehead atoms. The lowest BCUT2D eigenvalue weighted by molar-refractivity contribution is -0.142. The van der Waals surface area contributed by atoms with E-state index in [2.05, 4.69) is 20.5 Å². The minimum Gasteiger partial charge on any atom is -0.351 e. The number of fused-ring (bicyclic) bond motifs is 1. The molecule has 4 rings (SSSR count). The number of amides is 1. The summed E-state index contributed by atoms with van der Waals surface area (Å²) in [4.78, 5) is 16.9. The molecule has 0 aliphatic carbocycles. The lowest BCUT2D eigenvalue weighted by atomic mass is 10.0. The van der Waals surface area contributed by atoms with Crippen molar-refractivity contribution in [2.45, 2.75) is 45.8 Å². The quantitative estimate of drug-likeness (QED) is 0.285. The van der Waals surface area contributed by atoms with E-state index in [1.165, 1.54) is 10.7 Å². The zero-order chi connectivity index (χ0) is 26.2. The fourth-order valence-electron chi connectivity index (χ4n) is 3.67. The molecule has 7 nitrogen and oxygen atoms in total. The highest BCUT2D eigenvalue weighted by molar-refractivity contribution is 6.41. The van der Waals surface area contributed by atoms with Gasteiger partial charge in [0.05, 0.1) is 11.4 Å². The molecule has 190 valence electrons. The summed E-state index contributed by atoms with van der Waals surface area (Å²) in [5.74, 6) is -0.327. The van der Waals surface area contributed by atoms with Crippen molar-refractivity contribution < 1.29 is 18.0 Å². The van der Waals surface area contributed by atoms with E-state index in [1.54, 1.807) is 19.1 Å². The highest BCUT2D eigenvalue weighted by atomic mass is 35.5. The Kier molecular flexibility index (Phi) is 7.28. The number of nitrogens with one attached hydrogen (secondary N) is 1. The maximum Gasteiger partial charge on any atom is 0.433 e. The largest absolute Gasteiger partial charge is 0.433 e. The Morgan fingerprint density at radius 3 is 2.39 bits per heavy atom. The van der Waals surface area contributed by atoms with Crippen LogP contribution in [-0.2, 0) is 12.7 Å². The number of carbonyl (C=O) groups is 1. The Labute approximate surface area is 215 Å². The van der Waals surface area contributed by atoms with Gasteiger partial charge in [-0.2, -0.15) is 23.4 Å². The second kappa shape index (κ2) is 10.1. The number of rotatable bonds is 7. The molecule has 0 spiro atoms. The van der Waals surface area contributed by atoms with Gasteiger partial charge < -0.3 is 5.32 Å². The predicted molar refractivity (Wildman–Crippen MR) is 131 cm³/mol. The van der Waals surface area contributed by atoms with Crippen LogP contribution in [0, 0.1) is 6.92 Å². The summed E-state index contributed by atoms with van der Waals surface area (Å²) in [5, 5.41) is 11.4. The fourth-order valence-corrected chi connectivity index (χ4v) is 4.07. The molecule has 0 atom stereocenters. The summed E-state index contributed by atoms with van der Waals surface area (Å²) in [6.07, 6.45) is -4.23. The smallest absolute Gasteiger partial charge is 0.351 e. The SMILES string of the molecule is Cc1nn(CCCNC(=O)c2cc3nc(-c4ccc(C(C)C)cc4)cc(C(F)(F)F)n3n2)c(Cl)c1Cl. The van der Waals surface area contributed by atoms with Gasteiger partial charge >= 0.3 is 6.18 Å². The molecule has 4 aromatic rings. The molecular formula is C24H23Cl2F3N6O. The average molecular weight is 539 g/mol. The highest BCUT2D eigenvalue weighted by Gasteiger charge is 2.35. The van der Waals surface area contributed by atoms with Crippen molar-refractivity contribution in [1.29, 1.82) is 0 Å². The summed E-state index contributed by atoms with van der Waals surface area (Å²) in [7, 11) is 0. The first-order valence-electron chi connectivity index (χ1n) is 11.2. The number of nitrogens with zero attached hydrogens (tertiary/aromatic N) is 5. The number of carbonyl (C=O) groups excluding carboxylic acids is 1. The number of alkyl halides is 3. The van der Waals surface area contributed by atoms with Gasteiger partial charge in [0.25, 0.3) is 5.91 Å². The Morgan fingerprint density at radius 2 is 1.81 bits per heavy atom. The van der Waals surface area contributed by atoms with Crippen LogP contribution in [0.15, 0.2) is 36.4 Å². The molecule has 1 amide bonds. The summed E-state index contributed by atoms with van der Waals surface area (Å²) >= 11 is 12.1. The third kappa shape index (κ3) is 5.34. The Balaban J connectivity index is 1.54. The Morgan fingerprint density at radius 1 is 1.11 bits per heavy atom. The topological polar surface area (TPSA) is 77.1 Å². The van der Waals surface area contributed by atoms with E-state index in [-0.39, 0.29) is 29.5 Å². The molecule has 0 radical (unpaired) electrons. The van der Waals surface area contributed by atoms with E-state index in [0.717, 1.165) is 11.6 Å². The number of hydrogen-bond donors (Lipinski definition) is 1.